The molecule has 0 aromatic heterocycles. The van der Waals surface area contributed by atoms with Gasteiger partial charge in [-0.05, 0) is 48.9 Å². The van der Waals surface area contributed by atoms with E-state index in [4.69, 9.17) is 14.6 Å². The van der Waals surface area contributed by atoms with Crippen LogP contribution in [-0.4, -0.2) is 34.0 Å². The quantitative estimate of drug-likeness (QED) is 0.513. The van der Waals surface area contributed by atoms with Crippen LogP contribution < -0.4 is 15.2 Å². The van der Waals surface area contributed by atoms with Gasteiger partial charge in [0.05, 0.1) is 29.7 Å². The van der Waals surface area contributed by atoms with E-state index in [1.54, 1.807) is 12.1 Å². The number of unbranched alkanes of at least 4 members (excludes halogenated alkanes) is 1. The molecule has 9 heteroatoms. The Labute approximate surface area is 163 Å². The highest BCUT2D eigenvalue weighted by atomic mass is 32.2. The number of nitrogens with one attached hydrogen (secondary N) is 1. The lowest BCUT2D eigenvalue weighted by atomic mass is 10.1. The average Bonchev–Trinajstić information content (AvgIpc) is 2.67. The van der Waals surface area contributed by atoms with Gasteiger partial charge in [0.2, 0.25) is 10.0 Å². The summed E-state index contributed by atoms with van der Waals surface area (Å²) in [5, 5.41) is 7.74. The third-order valence-electron chi connectivity index (χ3n) is 3.85. The Morgan fingerprint density at radius 2 is 1.79 bits per heavy atom. The number of amides is 1. The van der Waals surface area contributed by atoms with Crippen molar-refractivity contribution in [3.8, 4) is 5.75 Å². The second kappa shape index (κ2) is 9.34. The van der Waals surface area contributed by atoms with Crippen molar-refractivity contribution in [3.05, 3.63) is 53.6 Å². The predicted molar refractivity (Wildman–Crippen MR) is 104 cm³/mol. The molecule has 0 saturated heterocycles. The number of esters is 1. The van der Waals surface area contributed by atoms with Gasteiger partial charge in [0.15, 0.2) is 0 Å². The molecule has 0 fully saturated rings. The number of anilines is 1. The average molecular weight is 406 g/mol. The molecule has 2 aromatic rings. The van der Waals surface area contributed by atoms with Crippen LogP contribution in [0, 0.1) is 0 Å². The summed E-state index contributed by atoms with van der Waals surface area (Å²) in [6.07, 6.45) is 1.72. The molecular formula is C19H22N2O6S. The van der Waals surface area contributed by atoms with Crippen molar-refractivity contribution in [2.24, 2.45) is 5.14 Å². The van der Waals surface area contributed by atoms with Crippen LogP contribution >= 0.6 is 0 Å². The third kappa shape index (κ3) is 5.54. The fraction of sp³-hybridized carbons (Fsp3) is 0.263. The number of carbonyl (C=O) groups excluding carboxylic acids is 2. The van der Waals surface area contributed by atoms with Gasteiger partial charge in [0.25, 0.3) is 5.91 Å². The van der Waals surface area contributed by atoms with Crippen molar-refractivity contribution in [1.82, 2.24) is 0 Å². The highest BCUT2D eigenvalue weighted by molar-refractivity contribution is 7.89. The van der Waals surface area contributed by atoms with E-state index < -0.39 is 21.9 Å². The van der Waals surface area contributed by atoms with Gasteiger partial charge in [-0.25, -0.2) is 18.4 Å². The molecule has 0 radical (unpaired) electrons. The Hall–Kier alpha value is -2.91. The zero-order chi connectivity index (χ0) is 20.7. The predicted octanol–water partition coefficient (Wildman–Crippen LogP) is 2.55. The molecule has 8 nitrogen and oxygen atoms in total. The maximum Gasteiger partial charge on any atom is 0.338 e. The van der Waals surface area contributed by atoms with Gasteiger partial charge in [-0.3, -0.25) is 4.79 Å². The van der Waals surface area contributed by atoms with Crippen LogP contribution in [0.15, 0.2) is 47.4 Å². The standard InChI is InChI=1S/C19H22N2O6S/c1-3-4-11-27-19(23)13-5-7-14(8-6-13)21-18(22)16-12-15(28(20,24)25)9-10-17(16)26-2/h5-10,12H,3-4,11H2,1-2H3,(H,21,22)(H2,20,24,25). The molecule has 2 aromatic carbocycles. The number of nitrogens with two attached hydrogens (primary N) is 1. The van der Waals surface area contributed by atoms with E-state index in [1.165, 1.54) is 31.4 Å². The minimum Gasteiger partial charge on any atom is -0.496 e. The SMILES string of the molecule is CCCCOC(=O)c1ccc(NC(=O)c2cc(S(N)(=O)=O)ccc2OC)cc1. The summed E-state index contributed by atoms with van der Waals surface area (Å²) in [4.78, 5) is 24.2. The molecule has 28 heavy (non-hydrogen) atoms. The van der Waals surface area contributed by atoms with Gasteiger partial charge in [-0.2, -0.15) is 0 Å². The smallest absolute Gasteiger partial charge is 0.338 e. The van der Waals surface area contributed by atoms with Crippen molar-refractivity contribution >= 4 is 27.6 Å². The summed E-state index contributed by atoms with van der Waals surface area (Å²) in [5.74, 6) is -0.824. The van der Waals surface area contributed by atoms with Crippen LogP contribution in [0.5, 0.6) is 5.75 Å². The third-order valence-corrected chi connectivity index (χ3v) is 4.76. The molecule has 0 heterocycles. The van der Waals surface area contributed by atoms with Gasteiger partial charge < -0.3 is 14.8 Å². The lowest BCUT2D eigenvalue weighted by Gasteiger charge is -2.11. The highest BCUT2D eigenvalue weighted by Crippen LogP contribution is 2.23. The molecule has 0 aliphatic carbocycles. The zero-order valence-corrected chi connectivity index (χ0v) is 16.4. The maximum atomic E-state index is 12.5. The van der Waals surface area contributed by atoms with Crippen LogP contribution in [-0.2, 0) is 14.8 Å². The van der Waals surface area contributed by atoms with Crippen molar-refractivity contribution in [2.75, 3.05) is 19.0 Å². The number of hydrogen-bond donors (Lipinski definition) is 2. The summed E-state index contributed by atoms with van der Waals surface area (Å²) in [6, 6.07) is 9.90. The Balaban J connectivity index is 2.15. The summed E-state index contributed by atoms with van der Waals surface area (Å²) in [6.45, 7) is 2.35. The molecule has 0 aliphatic rings. The molecule has 0 bridgehead atoms. The molecule has 1 amide bonds. The molecule has 0 saturated carbocycles. The summed E-state index contributed by atoms with van der Waals surface area (Å²) < 4.78 is 33.3. The van der Waals surface area contributed by atoms with E-state index in [1.807, 2.05) is 6.92 Å². The lowest BCUT2D eigenvalue weighted by Crippen LogP contribution is -2.17. The second-order valence-corrected chi connectivity index (χ2v) is 7.49. The zero-order valence-electron chi connectivity index (χ0n) is 15.6. The van der Waals surface area contributed by atoms with Gasteiger partial charge >= 0.3 is 5.97 Å². The molecule has 0 atom stereocenters. The van der Waals surface area contributed by atoms with E-state index in [-0.39, 0.29) is 16.2 Å². The summed E-state index contributed by atoms with van der Waals surface area (Å²) >= 11 is 0. The van der Waals surface area contributed by atoms with Gasteiger partial charge in [-0.1, -0.05) is 13.3 Å². The number of rotatable bonds is 8. The summed E-state index contributed by atoms with van der Waals surface area (Å²) in [7, 11) is -2.61. The van der Waals surface area contributed by atoms with E-state index in [2.05, 4.69) is 5.32 Å². The Kier molecular flexibility index (Phi) is 7.13. The minimum absolute atomic E-state index is 0.0112. The first-order valence-electron chi connectivity index (χ1n) is 8.55. The first-order chi connectivity index (χ1) is 13.3. The minimum atomic E-state index is -3.97. The molecule has 0 aliphatic heterocycles. The Morgan fingerprint density at radius 3 is 2.36 bits per heavy atom. The monoisotopic (exact) mass is 406 g/mol. The molecule has 2 rings (SSSR count). The maximum absolute atomic E-state index is 12.5. The largest absolute Gasteiger partial charge is 0.496 e. The number of hydrogen-bond acceptors (Lipinski definition) is 6. The van der Waals surface area contributed by atoms with Gasteiger partial charge in [-0.15, -0.1) is 0 Å². The normalized spacial score (nSPS) is 11.0. The number of benzene rings is 2. The van der Waals surface area contributed by atoms with Crippen molar-refractivity contribution in [1.29, 1.82) is 0 Å². The molecular weight excluding hydrogens is 384 g/mol. The van der Waals surface area contributed by atoms with E-state index in [9.17, 15) is 18.0 Å². The van der Waals surface area contributed by atoms with Crippen LogP contribution in [0.3, 0.4) is 0 Å². The van der Waals surface area contributed by atoms with E-state index in [0.717, 1.165) is 18.9 Å². The van der Waals surface area contributed by atoms with Crippen molar-refractivity contribution in [3.63, 3.8) is 0 Å². The van der Waals surface area contributed by atoms with Crippen LogP contribution in [0.1, 0.15) is 40.5 Å². The number of methoxy groups -OCH3 is 1. The fourth-order valence-corrected chi connectivity index (χ4v) is 2.86. The van der Waals surface area contributed by atoms with Gasteiger partial charge in [0.1, 0.15) is 5.75 Å². The molecule has 150 valence electrons. The van der Waals surface area contributed by atoms with Crippen molar-refractivity contribution in [2.45, 2.75) is 24.7 Å². The lowest BCUT2D eigenvalue weighted by molar-refractivity contribution is 0.0499. The van der Waals surface area contributed by atoms with Crippen molar-refractivity contribution < 1.29 is 27.5 Å². The second-order valence-electron chi connectivity index (χ2n) is 5.93. The Bertz CT molecular complexity index is 955. The Morgan fingerprint density at radius 1 is 1.11 bits per heavy atom. The van der Waals surface area contributed by atoms with E-state index in [0.29, 0.717) is 17.9 Å². The first-order valence-corrected chi connectivity index (χ1v) is 10.1. The number of carbonyl (C=O) groups is 2. The fourth-order valence-electron chi connectivity index (χ4n) is 2.32. The van der Waals surface area contributed by atoms with Crippen LogP contribution in [0.25, 0.3) is 0 Å². The number of ether oxygens (including phenoxy) is 2. The number of primary sulfonamides is 1. The van der Waals surface area contributed by atoms with E-state index >= 15 is 0 Å². The van der Waals surface area contributed by atoms with Gasteiger partial charge in [0, 0.05) is 5.69 Å². The highest BCUT2D eigenvalue weighted by Gasteiger charge is 2.18. The van der Waals surface area contributed by atoms with Crippen LogP contribution in [0.4, 0.5) is 5.69 Å². The molecule has 0 spiro atoms. The molecule has 3 N–H and O–H groups in total. The summed E-state index contributed by atoms with van der Waals surface area (Å²) in [5.41, 5.74) is 0.790. The van der Waals surface area contributed by atoms with Crippen LogP contribution in [0.2, 0.25) is 0 Å². The molecule has 0 unspecified atom stereocenters. The topological polar surface area (TPSA) is 125 Å². The number of sulfonamides is 1. The first kappa shape index (κ1) is 21.4.